The van der Waals surface area contributed by atoms with Crippen molar-refractivity contribution in [2.24, 2.45) is 17.8 Å². The maximum absolute atomic E-state index is 14.3. The fourth-order valence-corrected chi connectivity index (χ4v) is 5.31. The van der Waals surface area contributed by atoms with Gasteiger partial charge in [-0.2, -0.15) is 4.39 Å². The summed E-state index contributed by atoms with van der Waals surface area (Å²) in [6, 6.07) is 11.1. The monoisotopic (exact) mass is 432 g/mol. The van der Waals surface area contributed by atoms with E-state index in [9.17, 15) is 8.78 Å². The standard InChI is InChI=1S/C29H30F2O/c1-3-17-32-27-16-15-23(28(30)29(27)31)11-8-21-6-9-22(10-7-21)25-14-13-24-18-20(4-2)5-12-26(24)19-25/h3-4,6-7,9-10,15-16,20,24-26H,1-2,5,12-14,17-19H2. The van der Waals surface area contributed by atoms with Crippen LogP contribution in [-0.4, -0.2) is 6.61 Å². The van der Waals surface area contributed by atoms with Crippen LogP contribution in [0.1, 0.15) is 61.1 Å². The van der Waals surface area contributed by atoms with Gasteiger partial charge in [-0.3, -0.25) is 0 Å². The molecule has 0 aliphatic heterocycles. The first kappa shape index (κ1) is 22.3. The number of halogens is 2. The van der Waals surface area contributed by atoms with Crippen LogP contribution < -0.4 is 4.74 Å². The largest absolute Gasteiger partial charge is 0.486 e. The van der Waals surface area contributed by atoms with Gasteiger partial charge in [0.1, 0.15) is 6.61 Å². The van der Waals surface area contributed by atoms with Crippen LogP contribution in [0.3, 0.4) is 0 Å². The number of rotatable bonds is 5. The zero-order valence-corrected chi connectivity index (χ0v) is 18.5. The third-order valence-corrected chi connectivity index (χ3v) is 7.11. The highest BCUT2D eigenvalue weighted by molar-refractivity contribution is 5.46. The summed E-state index contributed by atoms with van der Waals surface area (Å²) in [5.41, 5.74) is 2.17. The van der Waals surface area contributed by atoms with Gasteiger partial charge in [0.2, 0.25) is 5.82 Å². The van der Waals surface area contributed by atoms with Crippen molar-refractivity contribution < 1.29 is 13.5 Å². The summed E-state index contributed by atoms with van der Waals surface area (Å²) < 4.78 is 33.5. The van der Waals surface area contributed by atoms with Crippen molar-refractivity contribution in [1.82, 2.24) is 0 Å². The normalized spacial score (nSPS) is 24.6. The van der Waals surface area contributed by atoms with E-state index in [2.05, 4.69) is 43.2 Å². The molecule has 0 bridgehead atoms. The lowest BCUT2D eigenvalue weighted by molar-refractivity contribution is 0.133. The lowest BCUT2D eigenvalue weighted by Crippen LogP contribution is -2.29. The Morgan fingerprint density at radius 1 is 0.875 bits per heavy atom. The first-order valence-corrected chi connectivity index (χ1v) is 11.5. The highest BCUT2D eigenvalue weighted by Gasteiger charge is 2.35. The van der Waals surface area contributed by atoms with E-state index < -0.39 is 11.6 Å². The van der Waals surface area contributed by atoms with E-state index in [0.717, 1.165) is 17.4 Å². The summed E-state index contributed by atoms with van der Waals surface area (Å²) in [5, 5.41) is 0. The maximum atomic E-state index is 14.3. The predicted molar refractivity (Wildman–Crippen MR) is 126 cm³/mol. The summed E-state index contributed by atoms with van der Waals surface area (Å²) in [6.45, 7) is 7.61. The summed E-state index contributed by atoms with van der Waals surface area (Å²) in [6.07, 6.45) is 11.4. The second-order valence-electron chi connectivity index (χ2n) is 9.05. The van der Waals surface area contributed by atoms with Crippen LogP contribution in [0.15, 0.2) is 61.7 Å². The van der Waals surface area contributed by atoms with E-state index in [0.29, 0.717) is 11.8 Å². The minimum atomic E-state index is -1.02. The Hall–Kier alpha value is -2.86. The molecule has 2 aliphatic carbocycles. The molecular formula is C29H30F2O. The molecule has 2 aliphatic rings. The Kier molecular flexibility index (Phi) is 7.10. The quantitative estimate of drug-likeness (QED) is 0.353. The van der Waals surface area contributed by atoms with Gasteiger partial charge in [-0.05, 0) is 92.0 Å². The molecule has 2 saturated carbocycles. The van der Waals surface area contributed by atoms with Crippen molar-refractivity contribution in [3.05, 3.63) is 90.0 Å². The van der Waals surface area contributed by atoms with Gasteiger partial charge in [-0.25, -0.2) is 4.39 Å². The molecule has 0 heterocycles. The predicted octanol–water partition coefficient (Wildman–Crippen LogP) is 7.42. The summed E-state index contributed by atoms with van der Waals surface area (Å²) in [7, 11) is 0. The van der Waals surface area contributed by atoms with Crippen LogP contribution in [0, 0.1) is 41.2 Å². The Morgan fingerprint density at radius 3 is 2.38 bits per heavy atom. The van der Waals surface area contributed by atoms with Crippen molar-refractivity contribution in [1.29, 1.82) is 0 Å². The van der Waals surface area contributed by atoms with E-state index in [1.165, 1.54) is 62.3 Å². The Morgan fingerprint density at radius 2 is 1.62 bits per heavy atom. The summed E-state index contributed by atoms with van der Waals surface area (Å²) in [5.74, 6) is 6.57. The Labute approximate surface area is 190 Å². The molecule has 2 aromatic carbocycles. The molecule has 0 radical (unpaired) electrons. The molecule has 0 spiro atoms. The molecule has 0 N–H and O–H groups in total. The molecule has 166 valence electrons. The number of hydrogen-bond acceptors (Lipinski definition) is 1. The van der Waals surface area contributed by atoms with Crippen molar-refractivity contribution in [3.8, 4) is 17.6 Å². The second-order valence-corrected chi connectivity index (χ2v) is 9.05. The van der Waals surface area contributed by atoms with Gasteiger partial charge in [0.05, 0.1) is 5.56 Å². The number of hydrogen-bond donors (Lipinski definition) is 0. The molecule has 0 aromatic heterocycles. The molecule has 32 heavy (non-hydrogen) atoms. The topological polar surface area (TPSA) is 9.23 Å². The molecular weight excluding hydrogens is 402 g/mol. The fraction of sp³-hybridized carbons (Fsp3) is 0.379. The lowest BCUT2D eigenvalue weighted by atomic mass is 9.64. The highest BCUT2D eigenvalue weighted by atomic mass is 19.2. The molecule has 4 rings (SSSR count). The zero-order valence-electron chi connectivity index (χ0n) is 18.5. The highest BCUT2D eigenvalue weighted by Crippen LogP contribution is 2.47. The zero-order chi connectivity index (χ0) is 22.5. The minimum absolute atomic E-state index is 0.0194. The number of benzene rings is 2. The van der Waals surface area contributed by atoms with Gasteiger partial charge in [0.25, 0.3) is 0 Å². The van der Waals surface area contributed by atoms with E-state index in [1.54, 1.807) is 0 Å². The molecule has 0 saturated heterocycles. The third kappa shape index (κ3) is 4.96. The molecule has 4 unspecified atom stereocenters. The number of allylic oxidation sites excluding steroid dienone is 1. The van der Waals surface area contributed by atoms with E-state index in [4.69, 9.17) is 4.74 Å². The Bertz CT molecular complexity index is 1030. The van der Waals surface area contributed by atoms with Crippen LogP contribution in [0.4, 0.5) is 8.78 Å². The molecule has 2 fully saturated rings. The van der Waals surface area contributed by atoms with E-state index in [-0.39, 0.29) is 17.9 Å². The summed E-state index contributed by atoms with van der Waals surface area (Å²) in [4.78, 5) is 0. The SMILES string of the molecule is C=CCOc1ccc(C#Cc2ccc(C3CCC4CC(C=C)CCC4C3)cc2)c(F)c1F. The van der Waals surface area contributed by atoms with Crippen LogP contribution in [-0.2, 0) is 0 Å². The van der Waals surface area contributed by atoms with Crippen LogP contribution in [0.5, 0.6) is 5.75 Å². The van der Waals surface area contributed by atoms with Crippen molar-refractivity contribution in [3.63, 3.8) is 0 Å². The number of ether oxygens (including phenoxy) is 1. The smallest absolute Gasteiger partial charge is 0.201 e. The van der Waals surface area contributed by atoms with Crippen molar-refractivity contribution in [2.45, 2.75) is 44.4 Å². The number of fused-ring (bicyclic) bond motifs is 1. The van der Waals surface area contributed by atoms with Gasteiger partial charge in [-0.1, -0.05) is 42.7 Å². The third-order valence-electron chi connectivity index (χ3n) is 7.11. The van der Waals surface area contributed by atoms with Gasteiger partial charge in [-0.15, -0.1) is 6.58 Å². The van der Waals surface area contributed by atoms with Gasteiger partial charge < -0.3 is 4.74 Å². The fourth-order valence-electron chi connectivity index (χ4n) is 5.31. The Balaban J connectivity index is 1.41. The second kappa shape index (κ2) is 10.2. The molecule has 3 heteroatoms. The summed E-state index contributed by atoms with van der Waals surface area (Å²) >= 11 is 0. The van der Waals surface area contributed by atoms with Gasteiger partial charge in [0, 0.05) is 5.56 Å². The average molecular weight is 433 g/mol. The van der Waals surface area contributed by atoms with Crippen molar-refractivity contribution >= 4 is 0 Å². The van der Waals surface area contributed by atoms with Crippen LogP contribution in [0.2, 0.25) is 0 Å². The van der Waals surface area contributed by atoms with Gasteiger partial charge >= 0.3 is 0 Å². The van der Waals surface area contributed by atoms with Gasteiger partial charge in [0.15, 0.2) is 11.6 Å². The molecule has 0 amide bonds. The molecule has 1 nitrogen and oxygen atoms in total. The van der Waals surface area contributed by atoms with Crippen LogP contribution >= 0.6 is 0 Å². The first-order chi connectivity index (χ1) is 15.6. The van der Waals surface area contributed by atoms with Crippen LogP contribution in [0.25, 0.3) is 0 Å². The van der Waals surface area contributed by atoms with Crippen molar-refractivity contribution in [2.75, 3.05) is 6.61 Å². The average Bonchev–Trinajstić information content (AvgIpc) is 2.84. The minimum Gasteiger partial charge on any atom is -0.486 e. The van der Waals surface area contributed by atoms with E-state index in [1.807, 2.05) is 12.1 Å². The molecule has 4 atom stereocenters. The maximum Gasteiger partial charge on any atom is 0.201 e. The van der Waals surface area contributed by atoms with E-state index >= 15 is 0 Å². The molecule has 2 aromatic rings. The lowest BCUT2D eigenvalue weighted by Gasteiger charge is -2.41. The first-order valence-electron chi connectivity index (χ1n) is 11.5.